The van der Waals surface area contributed by atoms with Crippen molar-refractivity contribution in [1.29, 1.82) is 0 Å². The van der Waals surface area contributed by atoms with Crippen molar-refractivity contribution >= 4 is 23.4 Å². The van der Waals surface area contributed by atoms with E-state index in [-0.39, 0.29) is 18.2 Å². The fraction of sp³-hybridized carbons (Fsp3) is 0.200. The zero-order valence-electron chi connectivity index (χ0n) is 16.9. The van der Waals surface area contributed by atoms with E-state index in [0.717, 1.165) is 16.7 Å². The molecule has 2 amide bonds. The first kappa shape index (κ1) is 21.6. The molecule has 3 aromatic carbocycles. The van der Waals surface area contributed by atoms with E-state index >= 15 is 0 Å². The average molecular weight is 421 g/mol. The Morgan fingerprint density at radius 1 is 0.867 bits per heavy atom. The molecule has 154 valence electrons. The van der Waals surface area contributed by atoms with Crippen LogP contribution >= 0.6 is 11.6 Å². The predicted octanol–water partition coefficient (Wildman–Crippen LogP) is 4.27. The van der Waals surface area contributed by atoms with E-state index in [1.807, 2.05) is 78.9 Å². The second-order valence-electron chi connectivity index (χ2n) is 7.10. The molecule has 4 nitrogen and oxygen atoms in total. The molecule has 0 aliphatic carbocycles. The number of rotatable bonds is 8. The molecule has 0 heterocycles. The van der Waals surface area contributed by atoms with Gasteiger partial charge in [-0.2, -0.15) is 0 Å². The largest absolute Gasteiger partial charge is 0.357 e. The molecular formula is C25H25ClN2O2. The Kier molecular flexibility index (Phi) is 7.63. The number of amides is 2. The summed E-state index contributed by atoms with van der Waals surface area (Å²) in [5.74, 6) is -0.334. The van der Waals surface area contributed by atoms with Crippen molar-refractivity contribution in [3.63, 3.8) is 0 Å². The molecule has 0 saturated carbocycles. The quantitative estimate of drug-likeness (QED) is 0.591. The maximum atomic E-state index is 13.4. The highest BCUT2D eigenvalue weighted by molar-refractivity contribution is 6.31. The Morgan fingerprint density at radius 3 is 2.03 bits per heavy atom. The van der Waals surface area contributed by atoms with Gasteiger partial charge in [-0.15, -0.1) is 0 Å². The molecule has 0 saturated heterocycles. The topological polar surface area (TPSA) is 49.4 Å². The van der Waals surface area contributed by atoms with Crippen molar-refractivity contribution in [3.05, 3.63) is 107 Å². The minimum absolute atomic E-state index is 0.134. The van der Waals surface area contributed by atoms with E-state index in [4.69, 9.17) is 11.6 Å². The van der Waals surface area contributed by atoms with E-state index < -0.39 is 6.04 Å². The van der Waals surface area contributed by atoms with Gasteiger partial charge in [-0.3, -0.25) is 9.59 Å². The molecule has 1 atom stereocenters. The number of hydrogen-bond acceptors (Lipinski definition) is 2. The molecule has 30 heavy (non-hydrogen) atoms. The van der Waals surface area contributed by atoms with Gasteiger partial charge in [0, 0.05) is 25.0 Å². The lowest BCUT2D eigenvalue weighted by Crippen LogP contribution is -2.50. The Morgan fingerprint density at radius 2 is 1.43 bits per heavy atom. The van der Waals surface area contributed by atoms with Gasteiger partial charge >= 0.3 is 0 Å². The Labute approximate surface area is 182 Å². The highest BCUT2D eigenvalue weighted by atomic mass is 35.5. The van der Waals surface area contributed by atoms with Crippen molar-refractivity contribution in [1.82, 2.24) is 10.2 Å². The van der Waals surface area contributed by atoms with Crippen LogP contribution in [0.3, 0.4) is 0 Å². The van der Waals surface area contributed by atoms with Crippen LogP contribution in [0.4, 0.5) is 0 Å². The normalized spacial score (nSPS) is 11.5. The van der Waals surface area contributed by atoms with Gasteiger partial charge < -0.3 is 10.2 Å². The number of carbonyl (C=O) groups excluding carboxylic acids is 2. The van der Waals surface area contributed by atoms with Gasteiger partial charge in [0.2, 0.25) is 11.8 Å². The van der Waals surface area contributed by atoms with E-state index in [1.54, 1.807) is 18.0 Å². The van der Waals surface area contributed by atoms with Crippen molar-refractivity contribution in [2.45, 2.75) is 25.4 Å². The third-order valence-electron chi connectivity index (χ3n) is 5.01. The van der Waals surface area contributed by atoms with E-state index in [1.165, 1.54) is 0 Å². The minimum Gasteiger partial charge on any atom is -0.357 e. The predicted molar refractivity (Wildman–Crippen MR) is 120 cm³/mol. The van der Waals surface area contributed by atoms with Gasteiger partial charge in [0.1, 0.15) is 6.04 Å². The Bertz CT molecular complexity index is 977. The molecule has 0 aliphatic rings. The van der Waals surface area contributed by atoms with Crippen LogP contribution in [0.15, 0.2) is 84.9 Å². The number of likely N-dealkylation sites (N-methyl/N-ethyl adjacent to an activating group) is 1. The zero-order chi connectivity index (χ0) is 21.3. The summed E-state index contributed by atoms with van der Waals surface area (Å²) in [4.78, 5) is 27.9. The van der Waals surface area contributed by atoms with E-state index in [0.29, 0.717) is 18.0 Å². The summed E-state index contributed by atoms with van der Waals surface area (Å²) in [6.07, 6.45) is 0.566. The van der Waals surface area contributed by atoms with E-state index in [2.05, 4.69) is 5.32 Å². The first-order valence-electron chi connectivity index (χ1n) is 9.91. The third kappa shape index (κ3) is 5.71. The lowest BCUT2D eigenvalue weighted by atomic mass is 10.0. The molecule has 0 fully saturated rings. The van der Waals surface area contributed by atoms with Crippen LogP contribution in [0.1, 0.15) is 16.7 Å². The summed E-state index contributed by atoms with van der Waals surface area (Å²) in [6.45, 7) is 0.342. The van der Waals surface area contributed by atoms with Gasteiger partial charge in [0.15, 0.2) is 0 Å². The smallest absolute Gasteiger partial charge is 0.242 e. The summed E-state index contributed by atoms with van der Waals surface area (Å²) >= 11 is 6.28. The van der Waals surface area contributed by atoms with Crippen molar-refractivity contribution < 1.29 is 9.59 Å². The minimum atomic E-state index is -0.632. The number of carbonyl (C=O) groups is 2. The number of hydrogen-bond donors (Lipinski definition) is 1. The number of halogens is 1. The highest BCUT2D eigenvalue weighted by Crippen LogP contribution is 2.20. The van der Waals surface area contributed by atoms with Crippen LogP contribution < -0.4 is 5.32 Å². The van der Waals surface area contributed by atoms with Crippen LogP contribution in [0.25, 0.3) is 0 Å². The van der Waals surface area contributed by atoms with Gasteiger partial charge in [0.05, 0.1) is 6.42 Å². The molecule has 5 heteroatoms. The summed E-state index contributed by atoms with van der Waals surface area (Å²) in [6, 6.07) is 26.1. The van der Waals surface area contributed by atoms with Crippen LogP contribution in [-0.4, -0.2) is 29.8 Å². The number of nitrogens with one attached hydrogen (secondary N) is 1. The average Bonchev–Trinajstić information content (AvgIpc) is 2.78. The van der Waals surface area contributed by atoms with E-state index in [9.17, 15) is 9.59 Å². The second-order valence-corrected chi connectivity index (χ2v) is 7.50. The van der Waals surface area contributed by atoms with Crippen molar-refractivity contribution in [3.8, 4) is 0 Å². The monoisotopic (exact) mass is 420 g/mol. The first-order chi connectivity index (χ1) is 14.6. The fourth-order valence-electron chi connectivity index (χ4n) is 3.41. The Hall–Kier alpha value is -3.11. The van der Waals surface area contributed by atoms with Crippen LogP contribution in [-0.2, 0) is 29.0 Å². The highest BCUT2D eigenvalue weighted by Gasteiger charge is 2.30. The second kappa shape index (κ2) is 10.6. The molecule has 0 aliphatic heterocycles. The van der Waals surface area contributed by atoms with Gasteiger partial charge in [-0.1, -0.05) is 90.5 Å². The number of benzene rings is 3. The molecular weight excluding hydrogens is 396 g/mol. The van der Waals surface area contributed by atoms with Crippen LogP contribution in [0.5, 0.6) is 0 Å². The van der Waals surface area contributed by atoms with Crippen molar-refractivity contribution in [2.24, 2.45) is 0 Å². The third-order valence-corrected chi connectivity index (χ3v) is 5.38. The molecule has 3 rings (SSSR count). The molecule has 0 radical (unpaired) electrons. The van der Waals surface area contributed by atoms with Crippen LogP contribution in [0, 0.1) is 0 Å². The van der Waals surface area contributed by atoms with Gasteiger partial charge in [0.25, 0.3) is 0 Å². The maximum absolute atomic E-state index is 13.4. The molecule has 1 N–H and O–H groups in total. The lowest BCUT2D eigenvalue weighted by Gasteiger charge is -2.31. The summed E-state index contributed by atoms with van der Waals surface area (Å²) in [5.41, 5.74) is 2.71. The van der Waals surface area contributed by atoms with Gasteiger partial charge in [-0.05, 0) is 22.8 Å². The summed E-state index contributed by atoms with van der Waals surface area (Å²) in [5, 5.41) is 3.27. The SMILES string of the molecule is CNC(=O)[C@@H](Cc1ccccc1)N(Cc1ccccc1)C(=O)Cc1ccccc1Cl. The lowest BCUT2D eigenvalue weighted by molar-refractivity contribution is -0.140. The molecule has 0 unspecified atom stereocenters. The molecule has 0 aromatic heterocycles. The molecule has 0 bridgehead atoms. The maximum Gasteiger partial charge on any atom is 0.242 e. The van der Waals surface area contributed by atoms with Crippen molar-refractivity contribution in [2.75, 3.05) is 7.05 Å². The summed E-state index contributed by atoms with van der Waals surface area (Å²) < 4.78 is 0. The first-order valence-corrected chi connectivity index (χ1v) is 10.3. The standard InChI is InChI=1S/C25H25ClN2O2/c1-27-25(30)23(16-19-10-4-2-5-11-19)28(18-20-12-6-3-7-13-20)24(29)17-21-14-8-9-15-22(21)26/h2-15,23H,16-18H2,1H3,(H,27,30)/t23-/m1/s1. The zero-order valence-corrected chi connectivity index (χ0v) is 17.7. The van der Waals surface area contributed by atoms with Crippen LogP contribution in [0.2, 0.25) is 5.02 Å². The molecule has 3 aromatic rings. The fourth-order valence-corrected chi connectivity index (χ4v) is 3.61. The Balaban J connectivity index is 1.93. The number of nitrogens with zero attached hydrogens (tertiary/aromatic N) is 1. The van der Waals surface area contributed by atoms with Gasteiger partial charge in [-0.25, -0.2) is 0 Å². The summed E-state index contributed by atoms with van der Waals surface area (Å²) in [7, 11) is 1.60. The molecule has 0 spiro atoms.